The number of sulfonamides is 1. The van der Waals surface area contributed by atoms with Crippen molar-refractivity contribution < 1.29 is 8.42 Å². The first-order chi connectivity index (χ1) is 9.40. The largest absolute Gasteiger partial charge is 0.389 e. The van der Waals surface area contributed by atoms with E-state index in [0.717, 1.165) is 0 Å². The molecule has 4 nitrogen and oxygen atoms in total. The number of hydrogen-bond donors (Lipinski definition) is 2. The molecule has 0 fully saturated rings. The summed E-state index contributed by atoms with van der Waals surface area (Å²) in [6.07, 6.45) is 0. The van der Waals surface area contributed by atoms with E-state index in [4.69, 9.17) is 18.0 Å². The molecule has 0 saturated heterocycles. The zero-order chi connectivity index (χ0) is 14.8. The molecule has 0 bridgehead atoms. The third-order valence-electron chi connectivity index (χ3n) is 2.55. The fourth-order valence-corrected chi connectivity index (χ4v) is 3.77. The third-order valence-corrected chi connectivity index (χ3v) is 5.18. The van der Waals surface area contributed by atoms with E-state index in [2.05, 4.69) is 20.7 Å². The number of rotatable bonds is 4. The molecule has 2 rings (SSSR count). The smallest absolute Gasteiger partial charge is 0.263 e. The van der Waals surface area contributed by atoms with Crippen molar-refractivity contribution in [3.8, 4) is 0 Å². The molecular weight excluding hydrogens is 360 g/mol. The van der Waals surface area contributed by atoms with E-state index in [0.29, 0.717) is 15.7 Å². The molecule has 0 spiro atoms. The maximum atomic E-state index is 12.2. The van der Waals surface area contributed by atoms with Gasteiger partial charge in [0.15, 0.2) is 0 Å². The number of benzene rings is 2. The molecule has 0 unspecified atom stereocenters. The Labute approximate surface area is 131 Å². The van der Waals surface area contributed by atoms with Crippen LogP contribution in [0.3, 0.4) is 0 Å². The molecule has 0 atom stereocenters. The lowest BCUT2D eigenvalue weighted by Gasteiger charge is -2.10. The minimum absolute atomic E-state index is 0.179. The lowest BCUT2D eigenvalue weighted by Crippen LogP contribution is -2.14. The Morgan fingerprint density at radius 2 is 1.70 bits per heavy atom. The zero-order valence-electron chi connectivity index (χ0n) is 10.2. The molecule has 20 heavy (non-hydrogen) atoms. The highest BCUT2D eigenvalue weighted by molar-refractivity contribution is 9.10. The fourth-order valence-electron chi connectivity index (χ4n) is 1.58. The molecule has 0 aliphatic rings. The Kier molecular flexibility index (Phi) is 4.42. The van der Waals surface area contributed by atoms with Crippen LogP contribution in [0.2, 0.25) is 0 Å². The quantitative estimate of drug-likeness (QED) is 0.811. The van der Waals surface area contributed by atoms with E-state index >= 15 is 0 Å². The predicted molar refractivity (Wildman–Crippen MR) is 87.3 cm³/mol. The van der Waals surface area contributed by atoms with Gasteiger partial charge in [-0.1, -0.05) is 24.4 Å². The number of thiocarbonyl (C=S) groups is 1. The van der Waals surface area contributed by atoms with Gasteiger partial charge in [-0.25, -0.2) is 8.42 Å². The number of hydrogen-bond acceptors (Lipinski definition) is 3. The van der Waals surface area contributed by atoms with Crippen molar-refractivity contribution in [1.82, 2.24) is 0 Å². The van der Waals surface area contributed by atoms with Gasteiger partial charge in [0.05, 0.1) is 0 Å². The van der Waals surface area contributed by atoms with Crippen molar-refractivity contribution in [2.45, 2.75) is 4.90 Å². The van der Waals surface area contributed by atoms with E-state index in [1.165, 1.54) is 6.07 Å². The first kappa shape index (κ1) is 15.0. The minimum atomic E-state index is -3.64. The number of nitrogens with two attached hydrogens (primary N) is 1. The topological polar surface area (TPSA) is 72.2 Å². The van der Waals surface area contributed by atoms with Crippen molar-refractivity contribution in [2.24, 2.45) is 5.73 Å². The highest BCUT2D eigenvalue weighted by atomic mass is 79.9. The van der Waals surface area contributed by atoms with Crippen LogP contribution >= 0.6 is 28.1 Å². The third kappa shape index (κ3) is 3.36. The number of anilines is 1. The van der Waals surface area contributed by atoms with Crippen molar-refractivity contribution in [1.29, 1.82) is 0 Å². The molecule has 104 valence electrons. The summed E-state index contributed by atoms with van der Waals surface area (Å²) in [5.74, 6) is 0. The summed E-state index contributed by atoms with van der Waals surface area (Å²) >= 11 is 8.06. The standard InChI is InChI=1S/C13H11BrN2O2S2/c14-11-3-1-2-4-12(11)20(17,18)16-10-7-5-9(6-8-10)13(15)19/h1-8,16H,(H2,15,19). The maximum Gasteiger partial charge on any atom is 0.263 e. The fraction of sp³-hybridized carbons (Fsp3) is 0. The van der Waals surface area contributed by atoms with E-state index < -0.39 is 10.0 Å². The van der Waals surface area contributed by atoms with Gasteiger partial charge in [-0.15, -0.1) is 0 Å². The second-order valence-electron chi connectivity index (χ2n) is 3.98. The molecule has 0 aliphatic carbocycles. The lowest BCUT2D eigenvalue weighted by molar-refractivity contribution is 0.601. The second kappa shape index (κ2) is 5.90. The van der Waals surface area contributed by atoms with Gasteiger partial charge in [-0.2, -0.15) is 0 Å². The predicted octanol–water partition coefficient (Wildman–Crippen LogP) is 2.88. The molecule has 0 radical (unpaired) electrons. The van der Waals surface area contributed by atoms with Crippen LogP contribution in [0.5, 0.6) is 0 Å². The summed E-state index contributed by atoms with van der Waals surface area (Å²) in [4.78, 5) is 0.448. The van der Waals surface area contributed by atoms with Gasteiger partial charge in [-0.05, 0) is 52.3 Å². The molecule has 2 aromatic rings. The van der Waals surface area contributed by atoms with Gasteiger partial charge in [0.2, 0.25) is 0 Å². The highest BCUT2D eigenvalue weighted by Crippen LogP contribution is 2.23. The Balaban J connectivity index is 2.29. The Morgan fingerprint density at radius 1 is 1.10 bits per heavy atom. The van der Waals surface area contributed by atoms with Gasteiger partial charge >= 0.3 is 0 Å². The van der Waals surface area contributed by atoms with Gasteiger partial charge < -0.3 is 5.73 Å². The monoisotopic (exact) mass is 370 g/mol. The van der Waals surface area contributed by atoms with E-state index in [1.807, 2.05) is 0 Å². The van der Waals surface area contributed by atoms with Crippen molar-refractivity contribution in [2.75, 3.05) is 4.72 Å². The molecular formula is C13H11BrN2O2S2. The summed E-state index contributed by atoms with van der Waals surface area (Å²) in [7, 11) is -3.64. The van der Waals surface area contributed by atoms with Crippen LogP contribution in [0.1, 0.15) is 5.56 Å². The lowest BCUT2D eigenvalue weighted by atomic mass is 10.2. The van der Waals surface area contributed by atoms with Crippen LogP contribution in [0, 0.1) is 0 Å². The highest BCUT2D eigenvalue weighted by Gasteiger charge is 2.17. The SMILES string of the molecule is NC(=S)c1ccc(NS(=O)(=O)c2ccccc2Br)cc1. The van der Waals surface area contributed by atoms with Crippen molar-refractivity contribution >= 4 is 48.8 Å². The molecule has 0 saturated carbocycles. The Bertz CT molecular complexity index is 743. The molecule has 0 amide bonds. The normalized spacial score (nSPS) is 11.1. The van der Waals surface area contributed by atoms with Crippen LogP contribution in [0.25, 0.3) is 0 Å². The molecule has 2 aromatic carbocycles. The molecule has 3 N–H and O–H groups in total. The number of halogens is 1. The van der Waals surface area contributed by atoms with Crippen molar-refractivity contribution in [3.63, 3.8) is 0 Å². The zero-order valence-corrected chi connectivity index (χ0v) is 13.4. The Hall–Kier alpha value is -1.44. The van der Waals surface area contributed by atoms with Gasteiger partial charge in [0.25, 0.3) is 10.0 Å². The first-order valence-corrected chi connectivity index (χ1v) is 8.26. The average molecular weight is 371 g/mol. The second-order valence-corrected chi connectivity index (χ2v) is 6.92. The Morgan fingerprint density at radius 3 is 2.25 bits per heavy atom. The van der Waals surface area contributed by atoms with E-state index in [9.17, 15) is 8.42 Å². The van der Waals surface area contributed by atoms with Gasteiger partial charge in [0.1, 0.15) is 9.88 Å². The molecule has 7 heteroatoms. The van der Waals surface area contributed by atoms with Gasteiger partial charge in [-0.3, -0.25) is 4.72 Å². The summed E-state index contributed by atoms with van der Waals surface area (Å²) in [5, 5.41) is 0. The van der Waals surface area contributed by atoms with Crippen LogP contribution in [-0.4, -0.2) is 13.4 Å². The average Bonchev–Trinajstić information content (AvgIpc) is 2.39. The summed E-state index contributed by atoms with van der Waals surface area (Å²) < 4.78 is 27.5. The van der Waals surface area contributed by atoms with E-state index in [-0.39, 0.29) is 9.88 Å². The van der Waals surface area contributed by atoms with Crippen LogP contribution in [-0.2, 0) is 10.0 Å². The van der Waals surface area contributed by atoms with Crippen LogP contribution < -0.4 is 10.5 Å². The van der Waals surface area contributed by atoms with Crippen LogP contribution in [0.15, 0.2) is 57.9 Å². The molecule has 0 aromatic heterocycles. The minimum Gasteiger partial charge on any atom is -0.389 e. The summed E-state index contributed by atoms with van der Waals surface area (Å²) in [6.45, 7) is 0. The van der Waals surface area contributed by atoms with Gasteiger partial charge in [0, 0.05) is 15.7 Å². The maximum absolute atomic E-state index is 12.2. The molecule has 0 heterocycles. The summed E-state index contributed by atoms with van der Waals surface area (Å²) in [5.41, 5.74) is 6.62. The molecule has 0 aliphatic heterocycles. The van der Waals surface area contributed by atoms with Crippen molar-refractivity contribution in [3.05, 3.63) is 58.6 Å². The summed E-state index contributed by atoms with van der Waals surface area (Å²) in [6, 6.07) is 13.2. The number of nitrogens with one attached hydrogen (secondary N) is 1. The first-order valence-electron chi connectivity index (χ1n) is 5.57. The van der Waals surface area contributed by atoms with E-state index in [1.54, 1.807) is 42.5 Å². The van der Waals surface area contributed by atoms with Crippen LogP contribution in [0.4, 0.5) is 5.69 Å².